The summed E-state index contributed by atoms with van der Waals surface area (Å²) in [7, 11) is 0. The number of fused-ring (bicyclic) bond motifs is 1. The molecule has 1 aromatic carbocycles. The second-order valence-corrected chi connectivity index (χ2v) is 8.37. The number of carbonyl (C=O) groups excluding carboxylic acids is 1. The number of piperazine rings is 1. The third kappa shape index (κ3) is 3.16. The van der Waals surface area contributed by atoms with Crippen molar-refractivity contribution < 1.29 is 4.79 Å². The number of anilines is 2. The van der Waals surface area contributed by atoms with Crippen LogP contribution in [-0.4, -0.2) is 42.0 Å². The molecule has 130 valence electrons. The fourth-order valence-electron chi connectivity index (χ4n) is 2.93. The van der Waals surface area contributed by atoms with E-state index in [1.165, 1.54) is 11.3 Å². The maximum atomic E-state index is 12.4. The van der Waals surface area contributed by atoms with Crippen LogP contribution in [0.2, 0.25) is 5.02 Å². The van der Waals surface area contributed by atoms with Crippen molar-refractivity contribution in [1.29, 1.82) is 0 Å². The molecule has 1 amide bonds. The first-order chi connectivity index (χ1) is 11.3. The lowest BCUT2D eigenvalue weighted by molar-refractivity contribution is -0.139. The number of thiazole rings is 1. The van der Waals surface area contributed by atoms with Crippen LogP contribution < -0.4 is 16.2 Å². The molecule has 3 N–H and O–H groups in total. The van der Waals surface area contributed by atoms with Gasteiger partial charge in [-0.3, -0.25) is 10.2 Å². The highest BCUT2D eigenvalue weighted by Crippen LogP contribution is 2.38. The van der Waals surface area contributed by atoms with Crippen molar-refractivity contribution in [3.8, 4) is 0 Å². The highest BCUT2D eigenvalue weighted by molar-refractivity contribution is 7.22. The van der Waals surface area contributed by atoms with E-state index in [1.807, 2.05) is 37.8 Å². The summed E-state index contributed by atoms with van der Waals surface area (Å²) >= 11 is 7.95. The van der Waals surface area contributed by atoms with Gasteiger partial charge >= 0.3 is 0 Å². The molecule has 0 atom stereocenters. The Hall–Kier alpha value is -1.57. The molecule has 3 rings (SSSR count). The summed E-state index contributed by atoms with van der Waals surface area (Å²) in [6, 6.07) is 3.85. The van der Waals surface area contributed by atoms with Crippen LogP contribution in [0.5, 0.6) is 0 Å². The van der Waals surface area contributed by atoms with Gasteiger partial charge in [-0.1, -0.05) is 43.7 Å². The van der Waals surface area contributed by atoms with Crippen molar-refractivity contribution >= 4 is 49.9 Å². The molecule has 0 aliphatic carbocycles. The standard InChI is InChI=1S/C16H22ClN5OS/c1-16(2,3)14(23)22-8-6-21(7-9-22)13-10(17)4-5-11-12(13)19-15(20-18)24-11/h4-5H,6-9,18H2,1-3H3,(H,19,20). The van der Waals surface area contributed by atoms with Gasteiger partial charge in [-0.15, -0.1) is 0 Å². The first-order valence-electron chi connectivity index (χ1n) is 7.91. The molecule has 8 heteroatoms. The summed E-state index contributed by atoms with van der Waals surface area (Å²) in [5.74, 6) is 5.67. The number of carbonyl (C=O) groups is 1. The topological polar surface area (TPSA) is 74.5 Å². The van der Waals surface area contributed by atoms with E-state index in [1.54, 1.807) is 0 Å². The number of nitrogens with two attached hydrogens (primary N) is 1. The number of nitrogens with zero attached hydrogens (tertiary/aromatic N) is 3. The van der Waals surface area contributed by atoms with Crippen molar-refractivity contribution in [3.63, 3.8) is 0 Å². The van der Waals surface area contributed by atoms with E-state index < -0.39 is 0 Å². The molecule has 0 bridgehead atoms. The summed E-state index contributed by atoms with van der Waals surface area (Å²) in [4.78, 5) is 21.1. The van der Waals surface area contributed by atoms with E-state index in [2.05, 4.69) is 15.3 Å². The zero-order valence-corrected chi connectivity index (χ0v) is 15.7. The highest BCUT2D eigenvalue weighted by Gasteiger charge is 2.30. The van der Waals surface area contributed by atoms with Gasteiger partial charge in [0.25, 0.3) is 0 Å². The summed E-state index contributed by atoms with van der Waals surface area (Å²) in [5.41, 5.74) is 4.03. The van der Waals surface area contributed by atoms with E-state index in [0.717, 1.165) is 29.0 Å². The molecule has 1 aromatic heterocycles. The molecule has 1 aliphatic heterocycles. The van der Waals surface area contributed by atoms with Gasteiger partial charge in [-0.2, -0.15) is 0 Å². The van der Waals surface area contributed by atoms with Gasteiger partial charge in [-0.25, -0.2) is 10.8 Å². The largest absolute Gasteiger partial charge is 0.365 e. The number of halogens is 1. The van der Waals surface area contributed by atoms with Gasteiger partial charge < -0.3 is 9.80 Å². The Morgan fingerprint density at radius 2 is 1.96 bits per heavy atom. The van der Waals surface area contributed by atoms with Crippen molar-refractivity contribution in [2.45, 2.75) is 20.8 Å². The number of hydrazine groups is 1. The molecule has 0 unspecified atom stereocenters. The summed E-state index contributed by atoms with van der Waals surface area (Å²) in [6.45, 7) is 8.72. The first-order valence-corrected chi connectivity index (χ1v) is 9.10. The van der Waals surface area contributed by atoms with E-state index in [0.29, 0.717) is 23.2 Å². The van der Waals surface area contributed by atoms with Crippen LogP contribution in [0.1, 0.15) is 20.8 Å². The van der Waals surface area contributed by atoms with Crippen molar-refractivity contribution in [2.24, 2.45) is 11.3 Å². The monoisotopic (exact) mass is 367 g/mol. The lowest BCUT2D eigenvalue weighted by Crippen LogP contribution is -2.51. The molecule has 0 saturated carbocycles. The van der Waals surface area contributed by atoms with E-state index >= 15 is 0 Å². The molecule has 1 aliphatic rings. The van der Waals surface area contributed by atoms with Crippen molar-refractivity contribution in [1.82, 2.24) is 9.88 Å². The lowest BCUT2D eigenvalue weighted by Gasteiger charge is -2.39. The van der Waals surface area contributed by atoms with E-state index in [4.69, 9.17) is 17.4 Å². The van der Waals surface area contributed by atoms with Crippen LogP contribution in [0.3, 0.4) is 0 Å². The number of hydrogen-bond acceptors (Lipinski definition) is 6. The van der Waals surface area contributed by atoms with Crippen LogP contribution in [0.25, 0.3) is 10.2 Å². The minimum absolute atomic E-state index is 0.190. The summed E-state index contributed by atoms with van der Waals surface area (Å²) in [5, 5.41) is 1.34. The quantitative estimate of drug-likeness (QED) is 0.630. The van der Waals surface area contributed by atoms with Gasteiger partial charge in [-0.05, 0) is 12.1 Å². The van der Waals surface area contributed by atoms with E-state index in [-0.39, 0.29) is 11.3 Å². The average molecular weight is 368 g/mol. The number of nitrogens with one attached hydrogen (secondary N) is 1. The van der Waals surface area contributed by atoms with E-state index in [9.17, 15) is 4.79 Å². The van der Waals surface area contributed by atoms with Crippen LogP contribution >= 0.6 is 22.9 Å². The molecule has 0 radical (unpaired) electrons. The molecular weight excluding hydrogens is 346 g/mol. The molecule has 1 saturated heterocycles. The van der Waals surface area contributed by atoms with Gasteiger partial charge in [0.05, 0.1) is 15.4 Å². The smallest absolute Gasteiger partial charge is 0.228 e. The number of benzene rings is 1. The van der Waals surface area contributed by atoms with Gasteiger partial charge in [0, 0.05) is 31.6 Å². The number of aromatic nitrogens is 1. The Kier molecular flexibility index (Phi) is 4.59. The Bertz CT molecular complexity index is 762. The Morgan fingerprint density at radius 1 is 1.29 bits per heavy atom. The molecule has 24 heavy (non-hydrogen) atoms. The summed E-state index contributed by atoms with van der Waals surface area (Å²) < 4.78 is 1.04. The second kappa shape index (κ2) is 6.38. The first kappa shape index (κ1) is 17.3. The second-order valence-electron chi connectivity index (χ2n) is 6.94. The van der Waals surface area contributed by atoms with Crippen LogP contribution in [0, 0.1) is 5.41 Å². The van der Waals surface area contributed by atoms with Gasteiger partial charge in [0.2, 0.25) is 5.91 Å². The molecule has 0 spiro atoms. The SMILES string of the molecule is CC(C)(C)C(=O)N1CCN(c2c(Cl)ccc3sc(NN)nc23)CC1. The maximum absolute atomic E-state index is 12.4. The molecule has 2 heterocycles. The predicted molar refractivity (Wildman–Crippen MR) is 101 cm³/mol. The number of amides is 1. The summed E-state index contributed by atoms with van der Waals surface area (Å²) in [6.07, 6.45) is 0. The zero-order chi connectivity index (χ0) is 17.5. The third-order valence-electron chi connectivity index (χ3n) is 4.13. The zero-order valence-electron chi connectivity index (χ0n) is 14.1. The third-order valence-corrected chi connectivity index (χ3v) is 5.39. The van der Waals surface area contributed by atoms with Crippen LogP contribution in [0.15, 0.2) is 12.1 Å². The maximum Gasteiger partial charge on any atom is 0.228 e. The van der Waals surface area contributed by atoms with Crippen LogP contribution in [0.4, 0.5) is 10.8 Å². The number of nitrogen functional groups attached to an aromatic ring is 1. The Labute approximate surface area is 150 Å². The van der Waals surface area contributed by atoms with Crippen molar-refractivity contribution in [3.05, 3.63) is 17.2 Å². The fraction of sp³-hybridized carbons (Fsp3) is 0.500. The predicted octanol–water partition coefficient (Wildman–Crippen LogP) is 2.93. The fourth-order valence-corrected chi connectivity index (χ4v) is 3.98. The van der Waals surface area contributed by atoms with Gasteiger partial charge in [0.1, 0.15) is 5.52 Å². The number of rotatable bonds is 2. The lowest BCUT2D eigenvalue weighted by atomic mass is 9.94. The molecule has 1 fully saturated rings. The molecular formula is C16H22ClN5OS. The molecule has 6 nitrogen and oxygen atoms in total. The van der Waals surface area contributed by atoms with Gasteiger partial charge in [0.15, 0.2) is 5.13 Å². The number of hydrogen-bond donors (Lipinski definition) is 2. The Balaban J connectivity index is 1.84. The van der Waals surface area contributed by atoms with Crippen molar-refractivity contribution in [2.75, 3.05) is 36.5 Å². The average Bonchev–Trinajstić information content (AvgIpc) is 2.96. The minimum Gasteiger partial charge on any atom is -0.365 e. The Morgan fingerprint density at radius 3 is 2.54 bits per heavy atom. The van der Waals surface area contributed by atoms with Crippen LogP contribution in [-0.2, 0) is 4.79 Å². The molecule has 2 aromatic rings. The normalized spacial score (nSPS) is 15.9. The minimum atomic E-state index is -0.351. The highest BCUT2D eigenvalue weighted by atomic mass is 35.5.